The molecule has 80 valence electrons. The van der Waals surface area contributed by atoms with Crippen LogP contribution in [-0.2, 0) is 6.42 Å². The maximum atomic E-state index is 9.65. The SMILES string of the molecule is CC(C)(O)Cc1nc2ccc(Br)cn2n1. The molecule has 0 radical (unpaired) electrons. The van der Waals surface area contributed by atoms with E-state index in [1.54, 1.807) is 18.4 Å². The van der Waals surface area contributed by atoms with E-state index in [-0.39, 0.29) is 0 Å². The number of aliphatic hydroxyl groups is 1. The van der Waals surface area contributed by atoms with Gasteiger partial charge < -0.3 is 5.11 Å². The van der Waals surface area contributed by atoms with Gasteiger partial charge in [0.1, 0.15) is 0 Å². The molecule has 15 heavy (non-hydrogen) atoms. The minimum absolute atomic E-state index is 0.451. The van der Waals surface area contributed by atoms with Gasteiger partial charge in [-0.2, -0.15) is 5.10 Å². The molecule has 0 saturated heterocycles. The van der Waals surface area contributed by atoms with Crippen molar-refractivity contribution in [2.45, 2.75) is 25.9 Å². The number of hydrogen-bond donors (Lipinski definition) is 1. The molecule has 0 amide bonds. The van der Waals surface area contributed by atoms with Gasteiger partial charge in [-0.25, -0.2) is 9.50 Å². The lowest BCUT2D eigenvalue weighted by atomic mass is 10.1. The third kappa shape index (κ3) is 2.54. The van der Waals surface area contributed by atoms with E-state index in [0.717, 1.165) is 10.1 Å². The molecule has 1 N–H and O–H groups in total. The Morgan fingerprint density at radius 3 is 2.87 bits per heavy atom. The summed E-state index contributed by atoms with van der Waals surface area (Å²) in [5.74, 6) is 0.653. The van der Waals surface area contributed by atoms with Crippen LogP contribution in [0, 0.1) is 0 Å². The van der Waals surface area contributed by atoms with Crippen molar-refractivity contribution in [3.8, 4) is 0 Å². The van der Waals surface area contributed by atoms with Crippen LogP contribution in [0.2, 0.25) is 0 Å². The highest BCUT2D eigenvalue weighted by Crippen LogP contribution is 2.13. The van der Waals surface area contributed by atoms with Crippen molar-refractivity contribution < 1.29 is 5.11 Å². The van der Waals surface area contributed by atoms with Gasteiger partial charge in [0.2, 0.25) is 0 Å². The Morgan fingerprint density at radius 2 is 2.20 bits per heavy atom. The fraction of sp³-hybridized carbons (Fsp3) is 0.400. The minimum Gasteiger partial charge on any atom is -0.390 e. The standard InChI is InChI=1S/C10H12BrN3O/c1-10(2,15)5-8-12-9-4-3-7(11)6-14(9)13-8/h3-4,6,15H,5H2,1-2H3. The zero-order valence-electron chi connectivity index (χ0n) is 8.61. The summed E-state index contributed by atoms with van der Waals surface area (Å²) in [5, 5.41) is 13.9. The van der Waals surface area contributed by atoms with Crippen LogP contribution in [0.1, 0.15) is 19.7 Å². The number of halogens is 1. The van der Waals surface area contributed by atoms with Crippen LogP contribution in [0.4, 0.5) is 0 Å². The number of rotatable bonds is 2. The van der Waals surface area contributed by atoms with Crippen molar-refractivity contribution >= 4 is 21.6 Å². The number of hydrogen-bond acceptors (Lipinski definition) is 3. The molecule has 0 unspecified atom stereocenters. The van der Waals surface area contributed by atoms with E-state index in [2.05, 4.69) is 26.0 Å². The van der Waals surface area contributed by atoms with Gasteiger partial charge in [0.05, 0.1) is 5.60 Å². The summed E-state index contributed by atoms with van der Waals surface area (Å²) in [6.45, 7) is 3.49. The molecule has 0 aliphatic carbocycles. The summed E-state index contributed by atoms with van der Waals surface area (Å²) in [7, 11) is 0. The molecule has 0 fully saturated rings. The van der Waals surface area contributed by atoms with Gasteiger partial charge in [0, 0.05) is 17.1 Å². The Balaban J connectivity index is 2.39. The zero-order valence-corrected chi connectivity index (χ0v) is 10.2. The first-order valence-corrected chi connectivity index (χ1v) is 5.46. The smallest absolute Gasteiger partial charge is 0.155 e. The molecule has 0 spiro atoms. The van der Waals surface area contributed by atoms with Crippen LogP contribution >= 0.6 is 15.9 Å². The Hall–Kier alpha value is -0.940. The van der Waals surface area contributed by atoms with E-state index in [1.807, 2.05) is 18.3 Å². The van der Waals surface area contributed by atoms with Gasteiger partial charge in [0.15, 0.2) is 11.5 Å². The third-order valence-corrected chi connectivity index (χ3v) is 2.40. The lowest BCUT2D eigenvalue weighted by Gasteiger charge is -2.13. The predicted octanol–water partition coefficient (Wildman–Crippen LogP) is 1.81. The van der Waals surface area contributed by atoms with Crippen LogP contribution in [0.25, 0.3) is 5.65 Å². The van der Waals surface area contributed by atoms with E-state index in [1.165, 1.54) is 0 Å². The molecular weight excluding hydrogens is 258 g/mol. The Labute approximate surface area is 96.1 Å². The minimum atomic E-state index is -0.776. The average molecular weight is 270 g/mol. The van der Waals surface area contributed by atoms with Gasteiger partial charge >= 0.3 is 0 Å². The van der Waals surface area contributed by atoms with Crippen LogP contribution in [0.3, 0.4) is 0 Å². The first-order valence-electron chi connectivity index (χ1n) is 4.67. The Morgan fingerprint density at radius 1 is 1.47 bits per heavy atom. The summed E-state index contributed by atoms with van der Waals surface area (Å²) in [6, 6.07) is 3.79. The van der Waals surface area contributed by atoms with Crippen molar-refractivity contribution in [1.82, 2.24) is 14.6 Å². The molecule has 2 rings (SSSR count). The van der Waals surface area contributed by atoms with Gasteiger partial charge in [-0.3, -0.25) is 0 Å². The zero-order chi connectivity index (χ0) is 11.1. The number of aromatic nitrogens is 3. The summed E-state index contributed by atoms with van der Waals surface area (Å²) < 4.78 is 2.65. The van der Waals surface area contributed by atoms with Gasteiger partial charge in [-0.05, 0) is 41.9 Å². The average Bonchev–Trinajstić information content (AvgIpc) is 2.42. The van der Waals surface area contributed by atoms with Crippen molar-refractivity contribution in [3.63, 3.8) is 0 Å². The molecule has 0 aliphatic rings. The highest BCUT2D eigenvalue weighted by molar-refractivity contribution is 9.10. The quantitative estimate of drug-likeness (QED) is 0.905. The van der Waals surface area contributed by atoms with Crippen molar-refractivity contribution in [1.29, 1.82) is 0 Å². The van der Waals surface area contributed by atoms with E-state index in [4.69, 9.17) is 0 Å². The lowest BCUT2D eigenvalue weighted by molar-refractivity contribution is 0.0789. The largest absolute Gasteiger partial charge is 0.390 e. The second-order valence-electron chi connectivity index (χ2n) is 4.17. The molecule has 2 aromatic heterocycles. The van der Waals surface area contributed by atoms with Gasteiger partial charge in [-0.15, -0.1) is 0 Å². The molecule has 2 aromatic rings. The summed E-state index contributed by atoms with van der Waals surface area (Å²) in [5.41, 5.74) is 0.0137. The van der Waals surface area contributed by atoms with Crippen LogP contribution in [0.15, 0.2) is 22.8 Å². The van der Waals surface area contributed by atoms with Gasteiger partial charge in [0.25, 0.3) is 0 Å². The fourth-order valence-electron chi connectivity index (χ4n) is 1.37. The lowest BCUT2D eigenvalue weighted by Crippen LogP contribution is -2.22. The topological polar surface area (TPSA) is 50.4 Å². The number of nitrogens with zero attached hydrogens (tertiary/aromatic N) is 3. The van der Waals surface area contributed by atoms with Crippen LogP contribution in [0.5, 0.6) is 0 Å². The van der Waals surface area contributed by atoms with Crippen molar-refractivity contribution in [2.24, 2.45) is 0 Å². The van der Waals surface area contributed by atoms with E-state index >= 15 is 0 Å². The molecule has 2 heterocycles. The maximum Gasteiger partial charge on any atom is 0.155 e. The number of pyridine rings is 1. The van der Waals surface area contributed by atoms with E-state index in [0.29, 0.717) is 12.2 Å². The first-order chi connectivity index (χ1) is 6.94. The third-order valence-electron chi connectivity index (χ3n) is 1.93. The van der Waals surface area contributed by atoms with Crippen molar-refractivity contribution in [3.05, 3.63) is 28.6 Å². The van der Waals surface area contributed by atoms with E-state index in [9.17, 15) is 5.11 Å². The summed E-state index contributed by atoms with van der Waals surface area (Å²) in [4.78, 5) is 4.31. The number of fused-ring (bicyclic) bond motifs is 1. The van der Waals surface area contributed by atoms with Gasteiger partial charge in [-0.1, -0.05) is 0 Å². The molecule has 0 aliphatic heterocycles. The summed E-state index contributed by atoms with van der Waals surface area (Å²) in [6.07, 6.45) is 2.29. The summed E-state index contributed by atoms with van der Waals surface area (Å²) >= 11 is 3.37. The fourth-order valence-corrected chi connectivity index (χ4v) is 1.69. The highest BCUT2D eigenvalue weighted by atomic mass is 79.9. The second kappa shape index (κ2) is 3.57. The Kier molecular flexibility index (Phi) is 2.52. The highest BCUT2D eigenvalue weighted by Gasteiger charge is 2.16. The predicted molar refractivity (Wildman–Crippen MR) is 60.7 cm³/mol. The normalized spacial score (nSPS) is 12.3. The van der Waals surface area contributed by atoms with Crippen LogP contribution in [-0.4, -0.2) is 25.3 Å². The molecule has 0 saturated carbocycles. The molecule has 5 heteroatoms. The monoisotopic (exact) mass is 269 g/mol. The van der Waals surface area contributed by atoms with Crippen molar-refractivity contribution in [2.75, 3.05) is 0 Å². The van der Waals surface area contributed by atoms with Crippen LogP contribution < -0.4 is 0 Å². The first kappa shape index (κ1) is 10.6. The maximum absolute atomic E-state index is 9.65. The molecular formula is C10H12BrN3O. The van der Waals surface area contributed by atoms with E-state index < -0.39 is 5.60 Å². The molecule has 4 nitrogen and oxygen atoms in total. The molecule has 0 aromatic carbocycles. The molecule has 0 bridgehead atoms. The second-order valence-corrected chi connectivity index (χ2v) is 5.08. The molecule has 0 atom stereocenters. The Bertz CT molecular complexity index is 487.